The van der Waals surface area contributed by atoms with Crippen LogP contribution >= 0.6 is 0 Å². The van der Waals surface area contributed by atoms with Crippen molar-refractivity contribution in [2.24, 2.45) is 0 Å². The molecule has 0 bridgehead atoms. The van der Waals surface area contributed by atoms with Gasteiger partial charge in [-0.05, 0) is 54.5 Å². The highest BCUT2D eigenvalue weighted by Gasteiger charge is 2.17. The Balaban J connectivity index is 2.61. The first kappa shape index (κ1) is 14.5. The summed E-state index contributed by atoms with van der Waals surface area (Å²) in [5.74, 6) is 0.496. The fourth-order valence-electron chi connectivity index (χ4n) is 2.42. The molecule has 0 atom stereocenters. The molecule has 0 radical (unpaired) electrons. The van der Waals surface area contributed by atoms with Crippen LogP contribution in [-0.2, 0) is 5.41 Å². The molecule has 0 unspecified atom stereocenters. The van der Waals surface area contributed by atoms with E-state index in [4.69, 9.17) is 5.73 Å². The van der Waals surface area contributed by atoms with E-state index >= 15 is 0 Å². The summed E-state index contributed by atoms with van der Waals surface area (Å²) in [6.45, 7) is 12.9. The minimum absolute atomic E-state index is 0.150. The van der Waals surface area contributed by atoms with Gasteiger partial charge in [0.25, 0.3) is 0 Å². The lowest BCUT2D eigenvalue weighted by Crippen LogP contribution is -2.12. The van der Waals surface area contributed by atoms with Gasteiger partial charge < -0.3 is 5.73 Å². The predicted octanol–water partition coefficient (Wildman–Crippen LogP) is 3.95. The Kier molecular flexibility index (Phi) is 3.55. The molecule has 20 heavy (non-hydrogen) atoms. The molecule has 0 aliphatic heterocycles. The van der Waals surface area contributed by atoms with Gasteiger partial charge in [-0.2, -0.15) is 0 Å². The highest BCUT2D eigenvalue weighted by molar-refractivity contribution is 5.69. The summed E-state index contributed by atoms with van der Waals surface area (Å²) in [7, 11) is 0. The van der Waals surface area contributed by atoms with Gasteiger partial charge in [0.2, 0.25) is 0 Å². The third kappa shape index (κ3) is 2.67. The minimum atomic E-state index is 0.150. The van der Waals surface area contributed by atoms with Crippen LogP contribution in [-0.4, -0.2) is 10.2 Å². The summed E-state index contributed by atoms with van der Waals surface area (Å²) in [4.78, 5) is 0. The molecule has 3 heteroatoms. The molecule has 2 rings (SSSR count). The number of hydrogen-bond donors (Lipinski definition) is 1. The van der Waals surface area contributed by atoms with E-state index in [0.717, 1.165) is 16.8 Å². The number of hydrogen-bond acceptors (Lipinski definition) is 3. The molecular formula is C17H23N3. The first-order chi connectivity index (χ1) is 9.20. The summed E-state index contributed by atoms with van der Waals surface area (Å²) in [5, 5.41) is 8.28. The first-order valence-corrected chi connectivity index (χ1v) is 6.92. The summed E-state index contributed by atoms with van der Waals surface area (Å²) < 4.78 is 0. The summed E-state index contributed by atoms with van der Waals surface area (Å²) in [6, 6.07) is 6.50. The van der Waals surface area contributed by atoms with Crippen LogP contribution in [0.25, 0.3) is 11.3 Å². The van der Waals surface area contributed by atoms with E-state index in [-0.39, 0.29) is 5.41 Å². The number of benzene rings is 1. The second kappa shape index (κ2) is 4.89. The number of rotatable bonds is 1. The SMILES string of the molecule is Cc1cc(-c2c(C)cc(C(C)(C)C)cc2C)nnc1N. The third-order valence-corrected chi connectivity index (χ3v) is 3.68. The lowest BCUT2D eigenvalue weighted by molar-refractivity contribution is 0.589. The van der Waals surface area contributed by atoms with Gasteiger partial charge in [-0.15, -0.1) is 10.2 Å². The van der Waals surface area contributed by atoms with Crippen LogP contribution in [0.4, 0.5) is 5.82 Å². The van der Waals surface area contributed by atoms with Gasteiger partial charge in [-0.25, -0.2) is 0 Å². The van der Waals surface area contributed by atoms with Crippen molar-refractivity contribution < 1.29 is 0 Å². The fourth-order valence-corrected chi connectivity index (χ4v) is 2.42. The number of anilines is 1. The summed E-state index contributed by atoms with van der Waals surface area (Å²) >= 11 is 0. The zero-order chi connectivity index (χ0) is 15.1. The second-order valence-electron chi connectivity index (χ2n) is 6.53. The maximum absolute atomic E-state index is 5.75. The second-order valence-corrected chi connectivity index (χ2v) is 6.53. The Hall–Kier alpha value is -1.90. The zero-order valence-electron chi connectivity index (χ0n) is 13.2. The molecular weight excluding hydrogens is 246 g/mol. The number of nitrogen functional groups attached to an aromatic ring is 1. The minimum Gasteiger partial charge on any atom is -0.382 e. The first-order valence-electron chi connectivity index (χ1n) is 6.92. The largest absolute Gasteiger partial charge is 0.382 e. The van der Waals surface area contributed by atoms with Crippen molar-refractivity contribution >= 4 is 5.82 Å². The standard InChI is InChI=1S/C17H23N3/c1-10-7-13(17(4,5)6)8-11(2)15(10)14-9-12(3)16(18)20-19-14/h7-9H,1-6H3,(H2,18,20). The third-order valence-electron chi connectivity index (χ3n) is 3.68. The lowest BCUT2D eigenvalue weighted by atomic mass is 9.83. The molecule has 0 amide bonds. The van der Waals surface area contributed by atoms with Crippen LogP contribution in [0, 0.1) is 20.8 Å². The van der Waals surface area contributed by atoms with Gasteiger partial charge in [0.15, 0.2) is 0 Å². The smallest absolute Gasteiger partial charge is 0.149 e. The molecule has 0 fully saturated rings. The van der Waals surface area contributed by atoms with E-state index < -0.39 is 0 Å². The van der Waals surface area contributed by atoms with Crippen LogP contribution in [0.1, 0.15) is 43.0 Å². The quantitative estimate of drug-likeness (QED) is 0.852. The molecule has 0 aliphatic rings. The maximum Gasteiger partial charge on any atom is 0.149 e. The zero-order valence-corrected chi connectivity index (χ0v) is 13.2. The molecule has 1 aromatic heterocycles. The van der Waals surface area contributed by atoms with Crippen molar-refractivity contribution in [3.8, 4) is 11.3 Å². The summed E-state index contributed by atoms with van der Waals surface area (Å²) in [6.07, 6.45) is 0. The van der Waals surface area contributed by atoms with Crippen molar-refractivity contribution in [3.63, 3.8) is 0 Å². The molecule has 2 aromatic rings. The maximum atomic E-state index is 5.75. The van der Waals surface area contributed by atoms with Gasteiger partial charge in [-0.1, -0.05) is 32.9 Å². The highest BCUT2D eigenvalue weighted by atomic mass is 15.1. The van der Waals surface area contributed by atoms with E-state index in [9.17, 15) is 0 Å². The average Bonchev–Trinajstić information content (AvgIpc) is 2.31. The number of aromatic nitrogens is 2. The monoisotopic (exact) mass is 269 g/mol. The molecule has 3 nitrogen and oxygen atoms in total. The Labute approximate surface area is 121 Å². The highest BCUT2D eigenvalue weighted by Crippen LogP contribution is 2.32. The van der Waals surface area contributed by atoms with E-state index in [0.29, 0.717) is 5.82 Å². The van der Waals surface area contributed by atoms with Crippen molar-refractivity contribution in [2.45, 2.75) is 47.0 Å². The Morgan fingerprint density at radius 2 is 1.40 bits per heavy atom. The van der Waals surface area contributed by atoms with Crippen molar-refractivity contribution in [2.75, 3.05) is 5.73 Å². The molecule has 1 heterocycles. The molecule has 106 valence electrons. The van der Waals surface area contributed by atoms with E-state index in [2.05, 4.69) is 56.9 Å². The van der Waals surface area contributed by atoms with E-state index in [1.165, 1.54) is 16.7 Å². The Bertz CT molecular complexity index is 629. The molecule has 1 aromatic carbocycles. The normalized spacial score (nSPS) is 11.7. The fraction of sp³-hybridized carbons (Fsp3) is 0.412. The molecule has 2 N–H and O–H groups in total. The van der Waals surface area contributed by atoms with E-state index in [1.807, 2.05) is 13.0 Å². The van der Waals surface area contributed by atoms with Crippen LogP contribution in [0.2, 0.25) is 0 Å². The van der Waals surface area contributed by atoms with Crippen LogP contribution < -0.4 is 5.73 Å². The number of aryl methyl sites for hydroxylation is 3. The number of nitrogens with zero attached hydrogens (tertiary/aromatic N) is 2. The Morgan fingerprint density at radius 1 is 0.850 bits per heavy atom. The molecule has 0 saturated heterocycles. The van der Waals surface area contributed by atoms with Crippen molar-refractivity contribution in [1.29, 1.82) is 0 Å². The van der Waals surface area contributed by atoms with Crippen molar-refractivity contribution in [1.82, 2.24) is 10.2 Å². The van der Waals surface area contributed by atoms with Gasteiger partial charge in [0.05, 0.1) is 5.69 Å². The molecule has 0 spiro atoms. The lowest BCUT2D eigenvalue weighted by Gasteiger charge is -2.22. The van der Waals surface area contributed by atoms with Gasteiger partial charge in [-0.3, -0.25) is 0 Å². The van der Waals surface area contributed by atoms with Crippen LogP contribution in [0.15, 0.2) is 18.2 Å². The van der Waals surface area contributed by atoms with Crippen LogP contribution in [0.5, 0.6) is 0 Å². The van der Waals surface area contributed by atoms with Crippen LogP contribution in [0.3, 0.4) is 0 Å². The topological polar surface area (TPSA) is 51.8 Å². The molecule has 0 aliphatic carbocycles. The van der Waals surface area contributed by atoms with Gasteiger partial charge in [0.1, 0.15) is 5.82 Å². The molecule has 0 saturated carbocycles. The van der Waals surface area contributed by atoms with E-state index in [1.54, 1.807) is 0 Å². The Morgan fingerprint density at radius 3 is 1.85 bits per heavy atom. The number of nitrogens with two attached hydrogens (primary N) is 1. The average molecular weight is 269 g/mol. The predicted molar refractivity (Wildman–Crippen MR) is 84.8 cm³/mol. The van der Waals surface area contributed by atoms with Gasteiger partial charge >= 0.3 is 0 Å². The van der Waals surface area contributed by atoms with Crippen molar-refractivity contribution in [3.05, 3.63) is 40.5 Å². The summed E-state index contributed by atoms with van der Waals surface area (Å²) in [5.41, 5.74) is 12.7. The van der Waals surface area contributed by atoms with Gasteiger partial charge in [0, 0.05) is 5.56 Å².